The van der Waals surface area contributed by atoms with Crippen molar-refractivity contribution in [1.82, 2.24) is 15.5 Å². The van der Waals surface area contributed by atoms with Crippen LogP contribution in [-0.4, -0.2) is 40.5 Å². The van der Waals surface area contributed by atoms with Crippen LogP contribution in [0.5, 0.6) is 0 Å². The predicted octanol–water partition coefficient (Wildman–Crippen LogP) is 1.96. The molecule has 0 bridgehead atoms. The molecule has 0 aliphatic carbocycles. The predicted molar refractivity (Wildman–Crippen MR) is 112 cm³/mol. The number of hydrogen-bond acceptors (Lipinski definition) is 4. The van der Waals surface area contributed by atoms with Crippen LogP contribution in [-0.2, 0) is 6.42 Å². The van der Waals surface area contributed by atoms with Crippen LogP contribution in [0.15, 0.2) is 47.3 Å². The normalized spacial score (nSPS) is 17.3. The van der Waals surface area contributed by atoms with Gasteiger partial charge in [0.1, 0.15) is 0 Å². The average molecular weight is 410 g/mol. The fraction of sp³-hybridized carbons (Fsp3) is 0.263. The summed E-state index contributed by atoms with van der Waals surface area (Å²) in [5, 5.41) is 11.8. The number of H-pyrrole nitrogens is 1. The van der Waals surface area contributed by atoms with Crippen molar-refractivity contribution in [3.8, 4) is 0 Å². The molecule has 0 unspecified atom stereocenters. The van der Waals surface area contributed by atoms with E-state index in [1.54, 1.807) is 18.2 Å². The summed E-state index contributed by atoms with van der Waals surface area (Å²) in [6, 6.07) is 12.3. The second-order valence-electron chi connectivity index (χ2n) is 6.82. The summed E-state index contributed by atoms with van der Waals surface area (Å²) in [5.41, 5.74) is 1.39. The Morgan fingerprint density at radius 1 is 1.11 bits per heavy atom. The van der Waals surface area contributed by atoms with Crippen LogP contribution < -0.4 is 16.2 Å². The minimum atomic E-state index is -2.78. The first kappa shape index (κ1) is 19.9. The van der Waals surface area contributed by atoms with E-state index in [0.717, 1.165) is 29.7 Å². The number of rotatable bonds is 3. The van der Waals surface area contributed by atoms with Gasteiger partial charge in [0.2, 0.25) is 0 Å². The van der Waals surface area contributed by atoms with E-state index in [0.29, 0.717) is 29.4 Å². The van der Waals surface area contributed by atoms with Crippen molar-refractivity contribution in [2.45, 2.75) is 6.42 Å². The maximum atomic E-state index is 14.4. The van der Waals surface area contributed by atoms with Crippen molar-refractivity contribution in [1.29, 1.82) is 0 Å². The molecule has 2 aromatic carbocycles. The van der Waals surface area contributed by atoms with Gasteiger partial charge in [-0.2, -0.15) is 0 Å². The molecule has 4 rings (SSSR count). The van der Waals surface area contributed by atoms with Gasteiger partial charge < -0.3 is 0 Å². The third kappa shape index (κ3) is 3.90. The van der Waals surface area contributed by atoms with Gasteiger partial charge in [-0.05, 0) is 0 Å². The molecule has 0 atom stereocenters. The number of halogens is 2. The second kappa shape index (κ2) is 8.03. The monoisotopic (exact) mass is 409 g/mol. The van der Waals surface area contributed by atoms with Gasteiger partial charge in [0.25, 0.3) is 0 Å². The molecule has 8 heteroatoms. The van der Waals surface area contributed by atoms with E-state index in [1.807, 2.05) is 18.2 Å². The van der Waals surface area contributed by atoms with Crippen LogP contribution >= 0.6 is 19.9 Å². The van der Waals surface area contributed by atoms with E-state index in [-0.39, 0.29) is 23.8 Å². The number of aromatic amines is 1. The van der Waals surface area contributed by atoms with Crippen LogP contribution in [0.4, 0.5) is 4.39 Å². The summed E-state index contributed by atoms with van der Waals surface area (Å²) < 4.78 is 14.4. The van der Waals surface area contributed by atoms with E-state index < -0.39 is 7.49 Å². The number of hydrogen-bond donors (Lipinski definition) is 3. The molecule has 1 fully saturated rings. The van der Waals surface area contributed by atoms with E-state index in [2.05, 4.69) is 15.5 Å². The van der Waals surface area contributed by atoms with Gasteiger partial charge in [-0.25, -0.2) is 0 Å². The summed E-state index contributed by atoms with van der Waals surface area (Å²) in [5.74, 6) is -0.330. The molecule has 5 nitrogen and oxygen atoms in total. The van der Waals surface area contributed by atoms with Gasteiger partial charge in [0, 0.05) is 0 Å². The number of benzene rings is 2. The van der Waals surface area contributed by atoms with E-state index >= 15 is 0 Å². The Hall–Kier alpha value is -1.85. The zero-order chi connectivity index (χ0) is 18.1. The standard InChI is InChI=1S/C19H21FN3O2P.ClH/c20-16-6-5-13(12-18(16)26(25)9-7-21-8-10-26)11-17-14-3-1-2-4-15(14)19(24)23-22-17;/h1-6,12,21,25-26H,7-11H2,(H,23,24);1H. The average Bonchev–Trinajstić information content (AvgIpc) is 2.66. The van der Waals surface area contributed by atoms with Gasteiger partial charge in [-0.1, -0.05) is 0 Å². The van der Waals surface area contributed by atoms with Crippen LogP contribution in [0.2, 0.25) is 0 Å². The van der Waals surface area contributed by atoms with Crippen LogP contribution in [0.1, 0.15) is 11.3 Å². The van der Waals surface area contributed by atoms with E-state index in [4.69, 9.17) is 0 Å². The molecule has 1 aliphatic rings. The minimum absolute atomic E-state index is 0. The van der Waals surface area contributed by atoms with Gasteiger partial charge in [-0.15, -0.1) is 12.4 Å². The third-order valence-corrected chi connectivity index (χ3v) is 8.65. The Kier molecular flexibility index (Phi) is 5.92. The van der Waals surface area contributed by atoms with Crippen molar-refractivity contribution in [3.05, 3.63) is 69.9 Å². The van der Waals surface area contributed by atoms with Crippen molar-refractivity contribution in [2.24, 2.45) is 0 Å². The molecule has 1 aliphatic heterocycles. The molecular weight excluding hydrogens is 388 g/mol. The second-order valence-corrected chi connectivity index (χ2v) is 10.4. The Morgan fingerprint density at radius 3 is 2.56 bits per heavy atom. The number of nitrogens with zero attached hydrogens (tertiary/aromatic N) is 1. The topological polar surface area (TPSA) is 78.0 Å². The van der Waals surface area contributed by atoms with Gasteiger partial charge in [0.15, 0.2) is 0 Å². The first-order valence-corrected chi connectivity index (χ1v) is 11.1. The molecule has 1 aromatic heterocycles. The van der Waals surface area contributed by atoms with Crippen molar-refractivity contribution in [2.75, 3.05) is 25.4 Å². The molecule has 3 N–H and O–H groups in total. The molecule has 0 amide bonds. The number of nitrogens with one attached hydrogen (secondary N) is 2. The summed E-state index contributed by atoms with van der Waals surface area (Å²) in [6.07, 6.45) is 1.70. The van der Waals surface area contributed by atoms with E-state index in [9.17, 15) is 14.1 Å². The molecule has 0 radical (unpaired) electrons. The van der Waals surface area contributed by atoms with Gasteiger partial charge in [-0.3, -0.25) is 0 Å². The maximum absolute atomic E-state index is 14.4. The van der Waals surface area contributed by atoms with Crippen LogP contribution in [0, 0.1) is 5.82 Å². The van der Waals surface area contributed by atoms with Crippen LogP contribution in [0.3, 0.4) is 0 Å². The fourth-order valence-corrected chi connectivity index (χ4v) is 6.60. The summed E-state index contributed by atoms with van der Waals surface area (Å²) in [4.78, 5) is 22.9. The molecular formula is C19H22ClFN3O2P. The number of aromatic nitrogens is 2. The first-order chi connectivity index (χ1) is 12.6. The molecule has 27 heavy (non-hydrogen) atoms. The third-order valence-electron chi connectivity index (χ3n) is 5.11. The van der Waals surface area contributed by atoms with Crippen molar-refractivity contribution < 1.29 is 9.28 Å². The molecule has 144 valence electrons. The number of fused-ring (bicyclic) bond motifs is 1. The Balaban J connectivity index is 0.00000210. The molecule has 3 aromatic rings. The molecule has 2 heterocycles. The summed E-state index contributed by atoms with van der Waals surface area (Å²) >= 11 is 0. The first-order valence-electron chi connectivity index (χ1n) is 8.75. The molecule has 0 saturated carbocycles. The quantitative estimate of drug-likeness (QED) is 0.578. The molecule has 1 saturated heterocycles. The summed E-state index contributed by atoms with van der Waals surface area (Å²) in [7, 11) is -2.78. The van der Waals surface area contributed by atoms with Crippen molar-refractivity contribution in [3.63, 3.8) is 0 Å². The Morgan fingerprint density at radius 2 is 1.81 bits per heavy atom. The fourth-order valence-electron chi connectivity index (χ4n) is 3.65. The zero-order valence-corrected chi connectivity index (χ0v) is 16.5. The SMILES string of the molecule is Cl.O=c1[nH]nc(Cc2ccc(F)c([PH]3(O)CCNCC3)c2)c2ccccc12. The zero-order valence-electron chi connectivity index (χ0n) is 14.7. The van der Waals surface area contributed by atoms with E-state index in [1.165, 1.54) is 6.07 Å². The summed E-state index contributed by atoms with van der Waals surface area (Å²) in [6.45, 7) is 1.44. The van der Waals surface area contributed by atoms with Crippen molar-refractivity contribution >= 4 is 36.0 Å². The van der Waals surface area contributed by atoms with Crippen LogP contribution in [0.25, 0.3) is 10.8 Å². The molecule has 0 spiro atoms. The van der Waals surface area contributed by atoms with Gasteiger partial charge in [0.05, 0.1) is 0 Å². The van der Waals surface area contributed by atoms with Gasteiger partial charge >= 0.3 is 150 Å². The Labute approximate surface area is 162 Å². The Bertz CT molecular complexity index is 1020.